The van der Waals surface area contributed by atoms with Gasteiger partial charge in [0.1, 0.15) is 25.4 Å². The Kier molecular flexibility index (Phi) is 87.1. The van der Waals surface area contributed by atoms with E-state index in [-0.39, 0.29) is 19.3 Å². The van der Waals surface area contributed by atoms with Crippen LogP contribution >= 0.6 is 15.6 Å². The summed E-state index contributed by atoms with van der Waals surface area (Å²) in [7, 11) is -9.81. The van der Waals surface area contributed by atoms with E-state index in [1.807, 2.05) is 0 Å². The van der Waals surface area contributed by atoms with E-state index < -0.39 is 91.5 Å². The first kappa shape index (κ1) is 112. The van der Waals surface area contributed by atoms with Gasteiger partial charge in [0.25, 0.3) is 0 Å². The van der Waals surface area contributed by atoms with E-state index in [0.717, 1.165) is 148 Å². The van der Waals surface area contributed by atoms with Crippen LogP contribution in [0.1, 0.15) is 406 Å². The lowest BCUT2D eigenvalue weighted by Gasteiger charge is -2.21. The van der Waals surface area contributed by atoms with Crippen molar-refractivity contribution in [3.8, 4) is 0 Å². The zero-order chi connectivity index (χ0) is 85.1. The molecule has 16 nitrogen and oxygen atoms in total. The summed E-state index contributed by atoms with van der Waals surface area (Å²) in [6, 6.07) is 0. The number of aliphatic hydroxyl groups excluding tert-OH is 2. The number of aliphatic hydroxyl groups is 2. The van der Waals surface area contributed by atoms with Crippen molar-refractivity contribution in [3.63, 3.8) is 0 Å². The fourth-order valence-corrected chi connectivity index (χ4v) is 14.4. The Morgan fingerprint density at radius 2 is 0.427 bits per heavy atom. The van der Waals surface area contributed by atoms with Gasteiger partial charge in [-0.2, -0.15) is 0 Å². The number of hydrogen-bond acceptors (Lipinski definition) is 14. The van der Waals surface area contributed by atoms with Crippen molar-refractivity contribution in [1.29, 1.82) is 0 Å². The average Bonchev–Trinajstić information content (AvgIpc) is 0.900. The molecule has 0 aliphatic carbocycles. The van der Waals surface area contributed by atoms with Crippen molar-refractivity contribution in [1.82, 2.24) is 0 Å². The molecule has 0 bridgehead atoms. The van der Waals surface area contributed by atoms with Crippen LogP contribution in [0.4, 0.5) is 0 Å². The number of hydrogen-bond donors (Lipinski definition) is 4. The van der Waals surface area contributed by atoms with E-state index in [9.17, 15) is 43.5 Å². The molecule has 0 rings (SSSR count). The van der Waals surface area contributed by atoms with Crippen LogP contribution in [0.2, 0.25) is 0 Å². The van der Waals surface area contributed by atoms with Crippen molar-refractivity contribution >= 4 is 33.6 Å². The van der Waals surface area contributed by atoms with Gasteiger partial charge >= 0.3 is 33.6 Å². The van der Waals surface area contributed by atoms with E-state index in [0.29, 0.717) is 19.3 Å². The van der Waals surface area contributed by atoms with Crippen molar-refractivity contribution in [2.45, 2.75) is 424 Å². The van der Waals surface area contributed by atoms with E-state index >= 15 is 0 Å². The third kappa shape index (κ3) is 92.0. The normalized spacial score (nSPS) is 14.4. The Morgan fingerprint density at radius 1 is 0.239 bits per heavy atom. The van der Waals surface area contributed by atoms with Gasteiger partial charge in [-0.3, -0.25) is 32.5 Å². The number of phosphoric acid groups is 2. The predicted octanol–water partition coefficient (Wildman–Crippen LogP) is 29.1. The SMILES string of the molecule is CCCCC/C=C\C/C=C\C/C=C\C/C=C\CCCCCCCCCCCCCC(=O)OCC(O)COP(=O)(O)OCC(O)COP(=O)(O)OCC(COC(=O)CCCCCCCCCCCCC/C=C\C/C=C\C/C=C\C/C=C\CCCCC)OC(=O)CCCCCCCCCCCCC/C=C\C/C=C\C/C=C\C/C=C\CCCCC. The molecule has 0 aromatic rings. The fourth-order valence-electron chi connectivity index (χ4n) is 12.8. The zero-order valence-corrected chi connectivity index (χ0v) is 76.1. The van der Waals surface area contributed by atoms with Crippen LogP contribution in [-0.2, 0) is 55.8 Å². The predicted molar refractivity (Wildman–Crippen MR) is 491 cm³/mol. The highest BCUT2D eigenvalue weighted by molar-refractivity contribution is 7.47. The van der Waals surface area contributed by atoms with E-state index in [1.165, 1.54) is 199 Å². The van der Waals surface area contributed by atoms with Crippen molar-refractivity contribution < 1.29 is 75.8 Å². The smallest absolute Gasteiger partial charge is 0.463 e. The lowest BCUT2D eigenvalue weighted by atomic mass is 10.0. The second-order valence-corrected chi connectivity index (χ2v) is 34.4. The molecule has 0 amide bonds. The maximum atomic E-state index is 13.1. The summed E-state index contributed by atoms with van der Waals surface area (Å²) in [6.07, 6.45) is 114. The molecular formula is C99H172O16P2. The third-order valence-corrected chi connectivity index (χ3v) is 21.9. The van der Waals surface area contributed by atoms with Gasteiger partial charge in [-0.25, -0.2) is 9.13 Å². The lowest BCUT2D eigenvalue weighted by Crippen LogP contribution is -2.30. The minimum absolute atomic E-state index is 0.0973. The first-order chi connectivity index (χ1) is 57.2. The number of allylic oxidation sites excluding steroid dienone is 24. The molecule has 0 heterocycles. The van der Waals surface area contributed by atoms with Crippen LogP contribution < -0.4 is 0 Å². The first-order valence-electron chi connectivity index (χ1n) is 47.1. The average molecular weight is 1680 g/mol. The van der Waals surface area contributed by atoms with Crippen LogP contribution in [0.5, 0.6) is 0 Å². The quantitative estimate of drug-likeness (QED) is 0.0146. The van der Waals surface area contributed by atoms with Gasteiger partial charge in [0, 0.05) is 19.3 Å². The minimum Gasteiger partial charge on any atom is -0.463 e. The van der Waals surface area contributed by atoms with Gasteiger partial charge in [-0.15, -0.1) is 0 Å². The molecule has 4 N–H and O–H groups in total. The Bertz CT molecular complexity index is 2710. The second-order valence-electron chi connectivity index (χ2n) is 31.5. The second kappa shape index (κ2) is 90.7. The highest BCUT2D eigenvalue weighted by Gasteiger charge is 2.29. The Morgan fingerprint density at radius 3 is 0.675 bits per heavy atom. The summed E-state index contributed by atoms with van der Waals surface area (Å²) < 4.78 is 61.6. The summed E-state index contributed by atoms with van der Waals surface area (Å²) in [6.45, 7) is 2.65. The first-order valence-corrected chi connectivity index (χ1v) is 50.1. The molecule has 0 aliphatic rings. The molecule has 0 radical (unpaired) electrons. The number of esters is 3. The number of unbranched alkanes of at least 4 members (excludes halogenated alkanes) is 42. The summed E-state index contributed by atoms with van der Waals surface area (Å²) in [5.74, 6) is -1.57. The van der Waals surface area contributed by atoms with Gasteiger partial charge in [0.15, 0.2) is 6.10 Å². The van der Waals surface area contributed by atoms with E-state index in [1.54, 1.807) is 0 Å². The molecule has 0 saturated carbocycles. The van der Waals surface area contributed by atoms with Gasteiger partial charge in [0.2, 0.25) is 0 Å². The Balaban J connectivity index is 4.68. The fraction of sp³-hybridized carbons (Fsp3) is 0.727. The van der Waals surface area contributed by atoms with Gasteiger partial charge in [-0.1, -0.05) is 378 Å². The number of carbonyl (C=O) groups excluding carboxylic acids is 3. The van der Waals surface area contributed by atoms with E-state index in [4.69, 9.17) is 32.3 Å². The summed E-state index contributed by atoms with van der Waals surface area (Å²) in [4.78, 5) is 59.1. The van der Waals surface area contributed by atoms with Gasteiger partial charge < -0.3 is 34.2 Å². The van der Waals surface area contributed by atoms with Crippen LogP contribution in [0, 0.1) is 0 Å². The molecule has 0 spiro atoms. The minimum atomic E-state index is -4.95. The standard InChI is InChI=1S/C99H172O16P2/c1-4-7-10-13-16-19-22-25-28-31-34-37-40-43-46-49-52-55-58-61-64-67-70-73-76-79-82-85-97(102)109-88-94(100)89-111-116(105,106)112-90-95(101)91-113-117(107,108)114-93-96(115-99(104)87-84-81-78-75-72-69-66-63-60-57-54-51-48-45-42-39-36-33-30-27-24-21-18-15-12-9-6-3)92-110-98(103)86-83-80-77-74-71-68-65-62-59-56-53-50-47-44-41-38-35-32-29-26-23-20-17-14-11-8-5-2/h16-21,25-30,34-39,43-48,94-96,100-101H,4-15,22-24,31-33,40-42,49-93H2,1-3H3,(H,105,106)(H,107,108)/b19-16-,20-17-,21-18-,28-25-,29-26-,30-27-,37-34-,38-35-,39-36-,46-43-,47-44-,48-45-. The number of phosphoric ester groups is 2. The molecule has 0 aromatic heterocycles. The molecule has 0 fully saturated rings. The maximum absolute atomic E-state index is 13.1. The monoisotopic (exact) mass is 1680 g/mol. The zero-order valence-electron chi connectivity index (χ0n) is 74.3. The maximum Gasteiger partial charge on any atom is 0.472 e. The summed E-state index contributed by atoms with van der Waals surface area (Å²) >= 11 is 0. The van der Waals surface area contributed by atoms with Gasteiger partial charge in [-0.05, 0) is 154 Å². The molecule has 117 heavy (non-hydrogen) atoms. The van der Waals surface area contributed by atoms with Crippen LogP contribution in [-0.4, -0.2) is 95.9 Å². The molecule has 0 aromatic carbocycles. The van der Waals surface area contributed by atoms with Crippen LogP contribution in [0.25, 0.3) is 0 Å². The highest BCUT2D eigenvalue weighted by Crippen LogP contribution is 2.45. The van der Waals surface area contributed by atoms with Crippen molar-refractivity contribution in [2.75, 3.05) is 39.6 Å². The molecule has 5 atom stereocenters. The molecule has 5 unspecified atom stereocenters. The number of carbonyl (C=O) groups is 3. The Labute approximate surface area is 715 Å². The topological polar surface area (TPSA) is 231 Å². The van der Waals surface area contributed by atoms with E-state index in [2.05, 4.69) is 167 Å². The highest BCUT2D eigenvalue weighted by atomic mass is 31.2. The van der Waals surface area contributed by atoms with Crippen LogP contribution in [0.3, 0.4) is 0 Å². The third-order valence-electron chi connectivity index (χ3n) is 20.0. The molecule has 0 saturated heterocycles. The lowest BCUT2D eigenvalue weighted by molar-refractivity contribution is -0.161. The van der Waals surface area contributed by atoms with Crippen molar-refractivity contribution in [2.24, 2.45) is 0 Å². The molecule has 18 heteroatoms. The molecule has 0 aliphatic heterocycles. The summed E-state index contributed by atoms with van der Waals surface area (Å²) in [5, 5.41) is 20.7. The number of rotatable bonds is 89. The molecule has 674 valence electrons. The van der Waals surface area contributed by atoms with Gasteiger partial charge in [0.05, 0.1) is 26.4 Å². The largest absolute Gasteiger partial charge is 0.472 e. The van der Waals surface area contributed by atoms with Crippen molar-refractivity contribution in [3.05, 3.63) is 146 Å². The molecular weight excluding hydrogens is 1510 g/mol. The number of ether oxygens (including phenoxy) is 3. The summed E-state index contributed by atoms with van der Waals surface area (Å²) in [5.41, 5.74) is 0. The Hall–Kier alpha value is -4.57. The van der Waals surface area contributed by atoms with Crippen LogP contribution in [0.15, 0.2) is 146 Å².